The van der Waals surface area contributed by atoms with E-state index in [9.17, 15) is 9.36 Å². The molecule has 1 saturated heterocycles. The predicted molar refractivity (Wildman–Crippen MR) is 156 cm³/mol. The van der Waals surface area contributed by atoms with E-state index in [1.165, 1.54) is 0 Å². The first-order chi connectivity index (χ1) is 19.6. The Morgan fingerprint density at radius 1 is 0.775 bits per heavy atom. The van der Waals surface area contributed by atoms with Crippen molar-refractivity contribution in [2.24, 2.45) is 0 Å². The molecule has 4 aromatic carbocycles. The number of hydrogen-bond acceptors (Lipinski definition) is 7. The zero-order valence-electron chi connectivity index (χ0n) is 22.0. The van der Waals surface area contributed by atoms with Gasteiger partial charge in [0.05, 0.1) is 0 Å². The Bertz CT molecular complexity index is 1350. The normalized spacial score (nSPS) is 14.2. The maximum atomic E-state index is 14.7. The van der Waals surface area contributed by atoms with Gasteiger partial charge in [0.25, 0.3) is 0 Å². The minimum Gasteiger partial charge on any atom is -0.445 e. The molecule has 8 nitrogen and oxygen atoms in total. The Hall–Kier alpha value is -4.26. The number of para-hydroxylation sites is 2. The van der Waals surface area contributed by atoms with E-state index in [0.29, 0.717) is 17.1 Å². The third-order valence-electron chi connectivity index (χ3n) is 6.43. The second-order valence-corrected chi connectivity index (χ2v) is 11.2. The molecule has 0 saturated carbocycles. The third-order valence-corrected chi connectivity index (χ3v) is 8.42. The Kier molecular flexibility index (Phi) is 9.01. The number of anilines is 1. The molecule has 1 aliphatic heterocycles. The number of amides is 1. The van der Waals surface area contributed by atoms with Gasteiger partial charge < -0.3 is 29.3 Å². The highest BCUT2D eigenvalue weighted by Crippen LogP contribution is 2.59. The van der Waals surface area contributed by atoms with Gasteiger partial charge in [-0.3, -0.25) is 0 Å². The van der Waals surface area contributed by atoms with E-state index in [4.69, 9.17) is 13.8 Å². The fourth-order valence-electron chi connectivity index (χ4n) is 4.39. The first-order valence-corrected chi connectivity index (χ1v) is 14.8. The van der Waals surface area contributed by atoms with Gasteiger partial charge in [0, 0.05) is 31.9 Å². The van der Waals surface area contributed by atoms with Gasteiger partial charge in [-0.2, -0.15) is 0 Å². The molecule has 0 aromatic heterocycles. The Balaban J connectivity index is 1.46. The lowest BCUT2D eigenvalue weighted by Gasteiger charge is -2.31. The molecule has 9 heteroatoms. The molecule has 1 atom stereocenters. The molecule has 2 N–H and O–H groups in total. The number of ether oxygens (including phenoxy) is 1. The van der Waals surface area contributed by atoms with Crippen LogP contribution in [0.5, 0.6) is 11.5 Å². The smallest absolute Gasteiger partial charge is 0.445 e. The molecule has 1 unspecified atom stereocenters. The van der Waals surface area contributed by atoms with Crippen LogP contribution in [-0.2, 0) is 15.9 Å². The zero-order valence-corrected chi connectivity index (χ0v) is 22.9. The van der Waals surface area contributed by atoms with Gasteiger partial charge >= 0.3 is 13.7 Å². The second-order valence-electron chi connectivity index (χ2n) is 9.29. The van der Waals surface area contributed by atoms with Gasteiger partial charge in [-0.05, 0) is 47.5 Å². The van der Waals surface area contributed by atoms with Crippen LogP contribution in [0.15, 0.2) is 115 Å². The maximum Gasteiger partial charge on any atom is 0.457 e. The predicted octanol–water partition coefficient (Wildman–Crippen LogP) is 6.37. The van der Waals surface area contributed by atoms with Crippen LogP contribution in [-0.4, -0.2) is 32.3 Å². The number of piperazine rings is 1. The van der Waals surface area contributed by atoms with E-state index in [0.717, 1.165) is 37.4 Å². The average Bonchev–Trinajstić information content (AvgIpc) is 3.01. The summed E-state index contributed by atoms with van der Waals surface area (Å²) < 4.78 is 32.4. The summed E-state index contributed by atoms with van der Waals surface area (Å²) in [6.07, 6.45) is -0.742. The maximum absolute atomic E-state index is 14.7. The number of alkyl carbamates (subject to hydrolysis) is 1. The number of nitrogens with zero attached hydrogens (tertiary/aromatic N) is 1. The van der Waals surface area contributed by atoms with Crippen LogP contribution in [0.25, 0.3) is 0 Å². The largest absolute Gasteiger partial charge is 0.457 e. The molecule has 0 radical (unpaired) electrons. The topological polar surface area (TPSA) is 89.1 Å². The third kappa shape index (κ3) is 7.23. The van der Waals surface area contributed by atoms with E-state index in [1.807, 2.05) is 66.7 Å². The van der Waals surface area contributed by atoms with Gasteiger partial charge in [0.15, 0.2) is 5.78 Å². The van der Waals surface area contributed by atoms with Gasteiger partial charge in [-0.15, -0.1) is 0 Å². The highest BCUT2D eigenvalue weighted by molar-refractivity contribution is 7.55. The summed E-state index contributed by atoms with van der Waals surface area (Å²) in [4.78, 5) is 15.4. The number of nitrogens with one attached hydrogen (secondary N) is 2. The number of carbonyl (C=O) groups is 1. The molecule has 0 spiro atoms. The lowest BCUT2D eigenvalue weighted by molar-refractivity contribution is 0.137. The van der Waals surface area contributed by atoms with Crippen LogP contribution in [0.3, 0.4) is 0 Å². The van der Waals surface area contributed by atoms with Crippen LogP contribution in [0, 0.1) is 0 Å². The lowest BCUT2D eigenvalue weighted by atomic mass is 10.2. The number of benzene rings is 4. The van der Waals surface area contributed by atoms with Crippen molar-refractivity contribution < 1.29 is 23.1 Å². The molecule has 206 valence electrons. The summed E-state index contributed by atoms with van der Waals surface area (Å²) in [7, 11) is -4.13. The molecule has 5 rings (SSSR count). The first kappa shape index (κ1) is 27.3. The summed E-state index contributed by atoms with van der Waals surface area (Å²) in [5, 5.41) is 6.14. The van der Waals surface area contributed by atoms with Crippen molar-refractivity contribution in [3.63, 3.8) is 0 Å². The molecule has 0 bridgehead atoms. The van der Waals surface area contributed by atoms with E-state index >= 15 is 0 Å². The van der Waals surface area contributed by atoms with Crippen molar-refractivity contribution in [3.8, 4) is 11.5 Å². The minimum atomic E-state index is -4.13. The molecular formula is C31H32N3O5P. The van der Waals surface area contributed by atoms with Crippen molar-refractivity contribution >= 4 is 19.4 Å². The lowest BCUT2D eigenvalue weighted by Crippen LogP contribution is -2.43. The molecule has 1 fully saturated rings. The SMILES string of the molecule is O=C(NC(c1ccc(N2CCNCC2)cc1)P(=O)(Oc1ccccc1)Oc1ccccc1)OCc1ccccc1. The van der Waals surface area contributed by atoms with E-state index in [-0.39, 0.29) is 6.61 Å². The fourth-order valence-corrected chi connectivity index (χ4v) is 6.27. The molecule has 40 heavy (non-hydrogen) atoms. The Labute approximate surface area is 234 Å². The quantitative estimate of drug-likeness (QED) is 0.219. The van der Waals surface area contributed by atoms with Crippen molar-refractivity contribution in [2.75, 3.05) is 31.1 Å². The monoisotopic (exact) mass is 557 g/mol. The standard InChI is InChI=1S/C31H32N3O5P/c35-31(37-24-25-10-4-1-5-11-25)33-30(26-16-18-27(19-17-26)34-22-20-32-21-23-34)40(36,38-28-12-6-2-7-13-28)39-29-14-8-3-9-15-29/h1-19,30,32H,20-24H2,(H,33,35). The van der Waals surface area contributed by atoms with Gasteiger partial charge in [-0.25, -0.2) is 9.36 Å². The van der Waals surface area contributed by atoms with Gasteiger partial charge in [-0.1, -0.05) is 78.9 Å². The molecule has 1 heterocycles. The molecular weight excluding hydrogens is 525 g/mol. The van der Waals surface area contributed by atoms with E-state index in [2.05, 4.69) is 15.5 Å². The summed E-state index contributed by atoms with van der Waals surface area (Å²) in [5.41, 5.74) is 2.43. The van der Waals surface area contributed by atoms with Crippen LogP contribution >= 0.6 is 7.60 Å². The Morgan fingerprint density at radius 2 is 1.30 bits per heavy atom. The molecule has 4 aromatic rings. The second kappa shape index (κ2) is 13.2. The highest BCUT2D eigenvalue weighted by atomic mass is 31.2. The van der Waals surface area contributed by atoms with E-state index < -0.39 is 19.5 Å². The van der Waals surface area contributed by atoms with Crippen molar-refractivity contribution in [1.29, 1.82) is 0 Å². The fraction of sp³-hybridized carbons (Fsp3) is 0.194. The first-order valence-electron chi connectivity index (χ1n) is 13.2. The van der Waals surface area contributed by atoms with Crippen molar-refractivity contribution in [3.05, 3.63) is 126 Å². The van der Waals surface area contributed by atoms with Crippen LogP contribution in [0.4, 0.5) is 10.5 Å². The summed E-state index contributed by atoms with van der Waals surface area (Å²) in [5.74, 6) is -0.458. The minimum absolute atomic E-state index is 0.0602. The summed E-state index contributed by atoms with van der Waals surface area (Å²) in [6, 6.07) is 34.5. The number of carbonyl (C=O) groups excluding carboxylic acids is 1. The van der Waals surface area contributed by atoms with Gasteiger partial charge in [0.2, 0.25) is 0 Å². The molecule has 1 amide bonds. The number of hydrogen-bond donors (Lipinski definition) is 2. The summed E-state index contributed by atoms with van der Waals surface area (Å²) >= 11 is 0. The van der Waals surface area contributed by atoms with E-state index in [1.54, 1.807) is 48.5 Å². The molecule has 1 aliphatic rings. The average molecular weight is 558 g/mol. The molecule has 0 aliphatic carbocycles. The van der Waals surface area contributed by atoms with Gasteiger partial charge in [0.1, 0.15) is 18.1 Å². The van der Waals surface area contributed by atoms with Crippen molar-refractivity contribution in [2.45, 2.75) is 12.4 Å². The van der Waals surface area contributed by atoms with Crippen LogP contribution in [0.2, 0.25) is 0 Å². The zero-order chi connectivity index (χ0) is 27.6. The number of rotatable bonds is 10. The Morgan fingerprint density at radius 3 is 1.85 bits per heavy atom. The highest BCUT2D eigenvalue weighted by Gasteiger charge is 2.42. The summed E-state index contributed by atoms with van der Waals surface area (Å²) in [6.45, 7) is 3.65. The van der Waals surface area contributed by atoms with Crippen LogP contribution < -0.4 is 24.6 Å². The van der Waals surface area contributed by atoms with Crippen molar-refractivity contribution in [1.82, 2.24) is 10.6 Å². The van der Waals surface area contributed by atoms with Crippen LogP contribution in [0.1, 0.15) is 16.9 Å².